The monoisotopic (exact) mass is 291 g/mol. The molecule has 0 fully saturated rings. The van der Waals surface area contributed by atoms with Crippen LogP contribution in [0.1, 0.15) is 42.1 Å². The lowest BCUT2D eigenvalue weighted by Crippen LogP contribution is -2.27. The molecule has 1 aromatic carbocycles. The Morgan fingerprint density at radius 3 is 2.94 bits per heavy atom. The molecule has 1 atom stereocenters. The zero-order valence-electron chi connectivity index (χ0n) is 9.79. The Balaban J connectivity index is 2.38. The van der Waals surface area contributed by atoms with Gasteiger partial charge in [0, 0.05) is 21.9 Å². The first kappa shape index (κ1) is 12.3. The highest BCUT2D eigenvalue weighted by Gasteiger charge is 2.43. The van der Waals surface area contributed by atoms with E-state index in [-0.39, 0.29) is 11.2 Å². The minimum atomic E-state index is -0.334. The molecule has 0 spiro atoms. The highest BCUT2D eigenvalue weighted by Crippen LogP contribution is 2.43. The Morgan fingerprint density at radius 2 is 2.29 bits per heavy atom. The molecule has 1 aromatic rings. The first-order chi connectivity index (χ1) is 8.13. The fourth-order valence-corrected chi connectivity index (χ4v) is 2.97. The lowest BCUT2D eigenvalue weighted by molar-refractivity contribution is 0.0799. The summed E-state index contributed by atoms with van der Waals surface area (Å²) in [7, 11) is 0. The molecule has 0 amide bonds. The molecule has 17 heavy (non-hydrogen) atoms. The minimum absolute atomic E-state index is 0.214. The fraction of sp³-hybridized carbons (Fsp3) is 0.429. The van der Waals surface area contributed by atoms with Crippen molar-refractivity contribution in [2.45, 2.75) is 32.6 Å². The largest absolute Gasteiger partial charge is 0.294 e. The molecule has 88 valence electrons. The van der Waals surface area contributed by atoms with Crippen molar-refractivity contribution in [2.24, 2.45) is 5.41 Å². The van der Waals surface area contributed by atoms with Crippen LogP contribution < -0.4 is 0 Å². The molecule has 0 N–H and O–H groups in total. The van der Waals surface area contributed by atoms with Crippen LogP contribution in [0.2, 0.25) is 0 Å². The van der Waals surface area contributed by atoms with Crippen LogP contribution in [0.25, 0.3) is 0 Å². The van der Waals surface area contributed by atoms with Crippen LogP contribution in [-0.4, -0.2) is 5.78 Å². The van der Waals surface area contributed by atoms with Crippen LogP contribution in [0.4, 0.5) is 0 Å². The van der Waals surface area contributed by atoms with E-state index in [4.69, 9.17) is 5.26 Å². The smallest absolute Gasteiger partial charge is 0.169 e. The number of hydrogen-bond donors (Lipinski definition) is 0. The number of carbonyl (C=O) groups is 1. The van der Waals surface area contributed by atoms with E-state index in [0.29, 0.717) is 12.8 Å². The average molecular weight is 292 g/mol. The number of benzene rings is 1. The van der Waals surface area contributed by atoms with E-state index >= 15 is 0 Å². The lowest BCUT2D eigenvalue weighted by atomic mass is 9.77. The molecular formula is C14H14BrNO. The standard InChI is InChI=1S/C14H14BrNO/c1-2-14(6-3-7-16)9-10-4-5-11(15)8-12(10)13(14)17/h4-5,8H,2-3,6,9H2,1H3. The van der Waals surface area contributed by atoms with Gasteiger partial charge in [-0.1, -0.05) is 28.9 Å². The zero-order valence-corrected chi connectivity index (χ0v) is 11.4. The lowest BCUT2D eigenvalue weighted by Gasteiger charge is -2.24. The van der Waals surface area contributed by atoms with Crippen LogP contribution in [-0.2, 0) is 6.42 Å². The van der Waals surface area contributed by atoms with E-state index in [1.54, 1.807) is 0 Å². The van der Waals surface area contributed by atoms with E-state index < -0.39 is 0 Å². The first-order valence-corrected chi connectivity index (χ1v) is 6.62. The number of fused-ring (bicyclic) bond motifs is 1. The number of rotatable bonds is 3. The molecule has 0 radical (unpaired) electrons. The molecule has 1 unspecified atom stereocenters. The summed E-state index contributed by atoms with van der Waals surface area (Å²) in [5.41, 5.74) is 1.62. The van der Waals surface area contributed by atoms with Crippen LogP contribution in [0, 0.1) is 16.7 Å². The fourth-order valence-electron chi connectivity index (χ4n) is 2.60. The second kappa shape index (κ2) is 4.62. The van der Waals surface area contributed by atoms with Gasteiger partial charge in [0.1, 0.15) is 0 Å². The molecular weight excluding hydrogens is 278 g/mol. The highest BCUT2D eigenvalue weighted by molar-refractivity contribution is 9.10. The van der Waals surface area contributed by atoms with Crippen molar-refractivity contribution in [1.82, 2.24) is 0 Å². The van der Waals surface area contributed by atoms with Crippen molar-refractivity contribution in [3.05, 3.63) is 33.8 Å². The number of ketones is 1. The predicted octanol–water partition coefficient (Wildman–Crippen LogP) is 3.89. The van der Waals surface area contributed by atoms with E-state index in [0.717, 1.165) is 28.4 Å². The molecule has 2 rings (SSSR count). The van der Waals surface area contributed by atoms with Crippen molar-refractivity contribution in [3.63, 3.8) is 0 Å². The average Bonchev–Trinajstić information content (AvgIpc) is 2.61. The van der Waals surface area contributed by atoms with Crippen molar-refractivity contribution < 1.29 is 4.79 Å². The molecule has 1 aliphatic rings. The second-order valence-corrected chi connectivity index (χ2v) is 5.52. The number of Topliss-reactive ketones (excluding diaryl/α,β-unsaturated/α-hetero) is 1. The third-order valence-corrected chi connectivity index (χ3v) is 4.21. The van der Waals surface area contributed by atoms with E-state index in [1.165, 1.54) is 0 Å². The van der Waals surface area contributed by atoms with Crippen molar-refractivity contribution >= 4 is 21.7 Å². The summed E-state index contributed by atoms with van der Waals surface area (Å²) in [5, 5.41) is 8.72. The Morgan fingerprint density at radius 1 is 1.53 bits per heavy atom. The number of halogens is 1. The maximum atomic E-state index is 12.5. The molecule has 1 aliphatic carbocycles. The van der Waals surface area contributed by atoms with Gasteiger partial charge in [0.05, 0.1) is 6.07 Å². The summed E-state index contributed by atoms with van der Waals surface area (Å²) in [6, 6.07) is 8.04. The molecule has 0 aromatic heterocycles. The number of nitriles is 1. The Hall–Kier alpha value is -1.14. The van der Waals surface area contributed by atoms with Gasteiger partial charge in [0.25, 0.3) is 0 Å². The van der Waals surface area contributed by atoms with E-state index in [1.807, 2.05) is 25.1 Å². The summed E-state index contributed by atoms with van der Waals surface area (Å²) in [5.74, 6) is 0.214. The molecule has 0 aliphatic heterocycles. The normalized spacial score (nSPS) is 22.3. The third kappa shape index (κ3) is 2.02. The third-order valence-electron chi connectivity index (χ3n) is 3.72. The topological polar surface area (TPSA) is 40.9 Å². The Bertz CT molecular complexity index is 503. The van der Waals surface area contributed by atoms with Crippen molar-refractivity contribution in [3.8, 4) is 6.07 Å². The first-order valence-electron chi connectivity index (χ1n) is 5.83. The summed E-state index contributed by atoms with van der Waals surface area (Å²) in [4.78, 5) is 12.5. The number of carbonyl (C=O) groups excluding carboxylic acids is 1. The molecule has 0 saturated carbocycles. The highest BCUT2D eigenvalue weighted by atomic mass is 79.9. The summed E-state index contributed by atoms with van der Waals surface area (Å²) in [6.45, 7) is 2.04. The summed E-state index contributed by atoms with van der Waals surface area (Å²) >= 11 is 3.40. The van der Waals surface area contributed by atoms with Crippen molar-refractivity contribution in [2.75, 3.05) is 0 Å². The van der Waals surface area contributed by atoms with Gasteiger partial charge in [-0.3, -0.25) is 4.79 Å². The summed E-state index contributed by atoms with van der Waals surface area (Å²) < 4.78 is 0.941. The maximum Gasteiger partial charge on any atom is 0.169 e. The molecule has 0 saturated heterocycles. The van der Waals surface area contributed by atoms with Crippen LogP contribution in [0.3, 0.4) is 0 Å². The molecule has 3 heteroatoms. The van der Waals surface area contributed by atoms with Gasteiger partial charge < -0.3 is 0 Å². The van der Waals surface area contributed by atoms with Gasteiger partial charge >= 0.3 is 0 Å². The maximum absolute atomic E-state index is 12.5. The van der Waals surface area contributed by atoms with E-state index in [9.17, 15) is 4.79 Å². The number of nitrogens with zero attached hydrogens (tertiary/aromatic N) is 1. The Kier molecular flexibility index (Phi) is 3.35. The van der Waals surface area contributed by atoms with Crippen LogP contribution >= 0.6 is 15.9 Å². The zero-order chi connectivity index (χ0) is 12.5. The van der Waals surface area contributed by atoms with Crippen LogP contribution in [0.5, 0.6) is 0 Å². The second-order valence-electron chi connectivity index (χ2n) is 4.60. The van der Waals surface area contributed by atoms with Gasteiger partial charge in [0.15, 0.2) is 5.78 Å². The molecule has 0 bridgehead atoms. The van der Waals surface area contributed by atoms with Gasteiger partial charge in [-0.05, 0) is 37.0 Å². The van der Waals surface area contributed by atoms with Crippen molar-refractivity contribution in [1.29, 1.82) is 5.26 Å². The number of hydrogen-bond acceptors (Lipinski definition) is 2. The van der Waals surface area contributed by atoms with Gasteiger partial charge in [-0.15, -0.1) is 0 Å². The van der Waals surface area contributed by atoms with Crippen LogP contribution in [0.15, 0.2) is 22.7 Å². The van der Waals surface area contributed by atoms with Gasteiger partial charge in [-0.25, -0.2) is 0 Å². The SMILES string of the molecule is CCC1(CCC#N)Cc2ccc(Br)cc2C1=O. The quantitative estimate of drug-likeness (QED) is 0.848. The Labute approximate surface area is 110 Å². The predicted molar refractivity (Wildman–Crippen MR) is 69.7 cm³/mol. The van der Waals surface area contributed by atoms with E-state index in [2.05, 4.69) is 22.0 Å². The van der Waals surface area contributed by atoms with Gasteiger partial charge in [-0.2, -0.15) is 5.26 Å². The summed E-state index contributed by atoms with van der Waals surface area (Å²) in [6.07, 6.45) is 2.71. The molecule has 0 heterocycles. The minimum Gasteiger partial charge on any atom is -0.294 e. The van der Waals surface area contributed by atoms with Gasteiger partial charge in [0.2, 0.25) is 0 Å². The molecule has 2 nitrogen and oxygen atoms in total.